The highest BCUT2D eigenvalue weighted by atomic mass is 16.4. The summed E-state index contributed by atoms with van der Waals surface area (Å²) < 4.78 is 5.64. The van der Waals surface area contributed by atoms with Gasteiger partial charge in [-0.05, 0) is 29.7 Å². The first-order valence-electron chi connectivity index (χ1n) is 8.58. The molecule has 2 heterocycles. The largest absolute Gasteiger partial charge is 0.479 e. The molecule has 1 aliphatic heterocycles. The van der Waals surface area contributed by atoms with E-state index in [0.29, 0.717) is 36.4 Å². The Labute approximate surface area is 150 Å². The lowest BCUT2D eigenvalue weighted by Crippen LogP contribution is -2.43. The number of carbonyl (C=O) groups is 2. The standard InChI is InChI=1S/C20H18N2O4/c23-18(10-9-17-21-15-7-3-4-8-16(15)26-17)22-12-11-13-5-1-2-6-14(13)19(22)20(24)25/h1-8,19H,9-12H2,(H,24,25). The van der Waals surface area contributed by atoms with E-state index in [1.165, 1.54) is 4.90 Å². The predicted molar refractivity (Wildman–Crippen MR) is 94.6 cm³/mol. The van der Waals surface area contributed by atoms with Crippen molar-refractivity contribution in [1.29, 1.82) is 0 Å². The number of aliphatic carboxylic acids is 1. The second kappa shape index (κ2) is 6.63. The lowest BCUT2D eigenvalue weighted by Gasteiger charge is -2.34. The van der Waals surface area contributed by atoms with Gasteiger partial charge in [0.1, 0.15) is 5.52 Å². The second-order valence-electron chi connectivity index (χ2n) is 6.35. The van der Waals surface area contributed by atoms with Crippen LogP contribution in [0.2, 0.25) is 0 Å². The number of oxazole rings is 1. The maximum atomic E-state index is 12.7. The third-order valence-corrected chi connectivity index (χ3v) is 4.73. The number of carbonyl (C=O) groups excluding carboxylic acids is 1. The van der Waals surface area contributed by atoms with Gasteiger partial charge in [0.25, 0.3) is 0 Å². The zero-order valence-corrected chi connectivity index (χ0v) is 14.1. The molecule has 1 aliphatic rings. The molecule has 1 N–H and O–H groups in total. The Kier molecular flexibility index (Phi) is 4.16. The normalized spacial score (nSPS) is 16.5. The number of fused-ring (bicyclic) bond motifs is 2. The fourth-order valence-electron chi connectivity index (χ4n) is 3.49. The fourth-order valence-corrected chi connectivity index (χ4v) is 3.49. The van der Waals surface area contributed by atoms with E-state index >= 15 is 0 Å². The van der Waals surface area contributed by atoms with E-state index < -0.39 is 12.0 Å². The molecule has 6 heteroatoms. The summed E-state index contributed by atoms with van der Waals surface area (Å²) in [6.07, 6.45) is 1.17. The molecule has 0 radical (unpaired) electrons. The summed E-state index contributed by atoms with van der Waals surface area (Å²) in [5.41, 5.74) is 3.12. The molecule has 2 aromatic carbocycles. The first kappa shape index (κ1) is 16.3. The lowest BCUT2D eigenvalue weighted by molar-refractivity contribution is -0.151. The topological polar surface area (TPSA) is 83.6 Å². The van der Waals surface area contributed by atoms with Gasteiger partial charge < -0.3 is 14.4 Å². The molecular weight excluding hydrogens is 332 g/mol. The van der Waals surface area contributed by atoms with Crippen molar-refractivity contribution in [2.45, 2.75) is 25.3 Å². The smallest absolute Gasteiger partial charge is 0.331 e. The number of benzene rings is 2. The Hall–Kier alpha value is -3.15. The van der Waals surface area contributed by atoms with Crippen molar-refractivity contribution in [2.24, 2.45) is 0 Å². The van der Waals surface area contributed by atoms with Gasteiger partial charge in [-0.2, -0.15) is 0 Å². The van der Waals surface area contributed by atoms with Gasteiger partial charge in [-0.3, -0.25) is 4.79 Å². The van der Waals surface area contributed by atoms with Crippen molar-refractivity contribution in [1.82, 2.24) is 9.88 Å². The van der Waals surface area contributed by atoms with E-state index in [1.54, 1.807) is 12.1 Å². The first-order valence-corrected chi connectivity index (χ1v) is 8.58. The second-order valence-corrected chi connectivity index (χ2v) is 6.35. The van der Waals surface area contributed by atoms with Crippen LogP contribution in [0.1, 0.15) is 29.5 Å². The molecule has 0 fully saturated rings. The van der Waals surface area contributed by atoms with E-state index in [1.807, 2.05) is 36.4 Å². The summed E-state index contributed by atoms with van der Waals surface area (Å²) in [6, 6.07) is 13.9. The summed E-state index contributed by atoms with van der Waals surface area (Å²) in [5.74, 6) is -0.717. The predicted octanol–water partition coefficient (Wildman–Crippen LogP) is 2.97. The molecule has 1 aromatic heterocycles. The number of hydrogen-bond acceptors (Lipinski definition) is 4. The maximum absolute atomic E-state index is 12.7. The molecule has 0 bridgehead atoms. The summed E-state index contributed by atoms with van der Waals surface area (Å²) in [5, 5.41) is 9.66. The van der Waals surface area contributed by atoms with E-state index in [4.69, 9.17) is 4.42 Å². The monoisotopic (exact) mass is 350 g/mol. The summed E-state index contributed by atoms with van der Waals surface area (Å²) >= 11 is 0. The SMILES string of the molecule is O=C(O)C1c2ccccc2CCN1C(=O)CCc1nc2ccccc2o1. The Bertz CT molecular complexity index is 946. The van der Waals surface area contributed by atoms with Crippen LogP contribution in [0.3, 0.4) is 0 Å². The van der Waals surface area contributed by atoms with Crippen LogP contribution in [-0.4, -0.2) is 33.4 Å². The van der Waals surface area contributed by atoms with Crippen LogP contribution in [0.15, 0.2) is 52.9 Å². The maximum Gasteiger partial charge on any atom is 0.331 e. The minimum atomic E-state index is -1.01. The number of aromatic nitrogens is 1. The highest BCUT2D eigenvalue weighted by Crippen LogP contribution is 2.30. The molecule has 1 amide bonds. The molecule has 4 rings (SSSR count). The van der Waals surface area contributed by atoms with Crippen molar-refractivity contribution in [3.63, 3.8) is 0 Å². The molecule has 132 valence electrons. The summed E-state index contributed by atoms with van der Waals surface area (Å²) in [4.78, 5) is 30.3. The zero-order valence-electron chi connectivity index (χ0n) is 14.1. The number of nitrogens with zero attached hydrogens (tertiary/aromatic N) is 2. The minimum Gasteiger partial charge on any atom is -0.479 e. The first-order chi connectivity index (χ1) is 12.6. The number of hydrogen-bond donors (Lipinski definition) is 1. The van der Waals surface area contributed by atoms with E-state index in [9.17, 15) is 14.7 Å². The molecule has 3 aromatic rings. The molecule has 0 aliphatic carbocycles. The number of carboxylic acids is 1. The molecule has 6 nitrogen and oxygen atoms in total. The molecule has 26 heavy (non-hydrogen) atoms. The van der Waals surface area contributed by atoms with Crippen molar-refractivity contribution < 1.29 is 19.1 Å². The van der Waals surface area contributed by atoms with Gasteiger partial charge in [-0.15, -0.1) is 0 Å². The van der Waals surface area contributed by atoms with Gasteiger partial charge in [-0.1, -0.05) is 36.4 Å². The Balaban J connectivity index is 1.51. The van der Waals surface area contributed by atoms with E-state index in [0.717, 1.165) is 11.1 Å². The number of aryl methyl sites for hydroxylation is 1. The third kappa shape index (κ3) is 2.94. The van der Waals surface area contributed by atoms with Gasteiger partial charge in [0.2, 0.25) is 5.91 Å². The van der Waals surface area contributed by atoms with Gasteiger partial charge in [0, 0.05) is 19.4 Å². The Morgan fingerprint density at radius 2 is 1.92 bits per heavy atom. The average Bonchev–Trinajstić information content (AvgIpc) is 3.08. The van der Waals surface area contributed by atoms with Crippen molar-refractivity contribution in [3.05, 3.63) is 65.5 Å². The van der Waals surface area contributed by atoms with Gasteiger partial charge in [0.15, 0.2) is 17.5 Å². The molecule has 1 atom stereocenters. The van der Waals surface area contributed by atoms with Crippen LogP contribution in [0.5, 0.6) is 0 Å². The molecule has 0 spiro atoms. The lowest BCUT2D eigenvalue weighted by atomic mass is 9.92. The van der Waals surface area contributed by atoms with E-state index in [2.05, 4.69) is 4.98 Å². The van der Waals surface area contributed by atoms with Crippen molar-refractivity contribution in [3.8, 4) is 0 Å². The summed E-state index contributed by atoms with van der Waals surface area (Å²) in [7, 11) is 0. The minimum absolute atomic E-state index is 0.165. The fraction of sp³-hybridized carbons (Fsp3) is 0.250. The zero-order chi connectivity index (χ0) is 18.1. The number of carboxylic acid groups (broad SMARTS) is 1. The van der Waals surface area contributed by atoms with Crippen molar-refractivity contribution in [2.75, 3.05) is 6.54 Å². The van der Waals surface area contributed by atoms with Gasteiger partial charge in [-0.25, -0.2) is 9.78 Å². The molecule has 0 saturated heterocycles. The highest BCUT2D eigenvalue weighted by molar-refractivity contribution is 5.85. The Morgan fingerprint density at radius 1 is 1.15 bits per heavy atom. The number of rotatable bonds is 4. The summed E-state index contributed by atoms with van der Waals surface area (Å²) in [6.45, 7) is 0.403. The van der Waals surface area contributed by atoms with Crippen LogP contribution in [0.25, 0.3) is 11.1 Å². The third-order valence-electron chi connectivity index (χ3n) is 4.73. The molecule has 1 unspecified atom stereocenters. The van der Waals surface area contributed by atoms with Crippen LogP contribution in [0, 0.1) is 0 Å². The number of amides is 1. The van der Waals surface area contributed by atoms with Crippen molar-refractivity contribution >= 4 is 23.0 Å². The van der Waals surface area contributed by atoms with Crippen LogP contribution in [0.4, 0.5) is 0 Å². The molecular formula is C20H18N2O4. The van der Waals surface area contributed by atoms with E-state index in [-0.39, 0.29) is 12.3 Å². The van der Waals surface area contributed by atoms with Crippen LogP contribution >= 0.6 is 0 Å². The number of para-hydroxylation sites is 2. The molecule has 0 saturated carbocycles. The van der Waals surface area contributed by atoms with Crippen LogP contribution in [-0.2, 0) is 22.4 Å². The van der Waals surface area contributed by atoms with Gasteiger partial charge >= 0.3 is 5.97 Å². The average molecular weight is 350 g/mol. The Morgan fingerprint density at radius 3 is 2.73 bits per heavy atom. The highest BCUT2D eigenvalue weighted by Gasteiger charge is 2.35. The van der Waals surface area contributed by atoms with Crippen LogP contribution < -0.4 is 0 Å². The quantitative estimate of drug-likeness (QED) is 0.782. The van der Waals surface area contributed by atoms with Gasteiger partial charge in [0.05, 0.1) is 0 Å².